The Morgan fingerprint density at radius 3 is 2.86 bits per heavy atom. The molecule has 4 rings (SSSR count). The van der Waals surface area contributed by atoms with Gasteiger partial charge in [-0.25, -0.2) is 0 Å². The molecule has 0 spiro atoms. The minimum Gasteiger partial charge on any atom is -0.338 e. The van der Waals surface area contributed by atoms with Crippen molar-refractivity contribution in [3.05, 3.63) is 63.1 Å². The van der Waals surface area contributed by atoms with Gasteiger partial charge in [-0.1, -0.05) is 33.2 Å². The summed E-state index contributed by atoms with van der Waals surface area (Å²) in [5.74, 6) is 1.27. The fraction of sp³-hybridized carbons (Fsp3) is 0.250. The number of carbonyl (C=O) groups is 1. The van der Waals surface area contributed by atoms with Crippen LogP contribution in [0, 0.1) is 0 Å². The van der Waals surface area contributed by atoms with E-state index in [4.69, 9.17) is 4.52 Å². The van der Waals surface area contributed by atoms with Crippen molar-refractivity contribution in [3.8, 4) is 11.4 Å². The summed E-state index contributed by atoms with van der Waals surface area (Å²) in [5.41, 5.74) is 1.98. The van der Waals surface area contributed by atoms with Crippen molar-refractivity contribution in [2.24, 2.45) is 0 Å². The van der Waals surface area contributed by atoms with Crippen molar-refractivity contribution >= 4 is 39.2 Å². The fourth-order valence-electron chi connectivity index (χ4n) is 3.03. The molecular weight excluding hydrogens is 440 g/mol. The van der Waals surface area contributed by atoms with Crippen molar-refractivity contribution in [2.75, 3.05) is 26.2 Å². The lowest BCUT2D eigenvalue weighted by Crippen LogP contribution is -2.47. The standard InChI is InChI=1S/C20H19BrN4O2S/c21-17-3-1-2-15(12-17)4-5-19(26)25-9-7-24(8-10-25)13-18-22-20(23-27-18)16-6-11-28-14-16/h1-6,11-12,14H,7-10,13H2. The Kier molecular flexibility index (Phi) is 5.99. The number of halogens is 1. The molecule has 1 aromatic carbocycles. The van der Waals surface area contributed by atoms with Gasteiger partial charge in [-0.05, 0) is 35.2 Å². The number of benzene rings is 1. The fourth-order valence-corrected chi connectivity index (χ4v) is 4.08. The lowest BCUT2D eigenvalue weighted by Gasteiger charge is -2.33. The number of carbonyl (C=O) groups excluding carboxylic acids is 1. The van der Waals surface area contributed by atoms with E-state index < -0.39 is 0 Å². The monoisotopic (exact) mass is 458 g/mol. The van der Waals surface area contributed by atoms with E-state index in [0.717, 1.165) is 28.7 Å². The van der Waals surface area contributed by atoms with E-state index in [0.29, 0.717) is 31.3 Å². The maximum atomic E-state index is 12.4. The van der Waals surface area contributed by atoms with Crippen LogP contribution in [0.25, 0.3) is 17.5 Å². The quantitative estimate of drug-likeness (QED) is 0.542. The predicted octanol–water partition coefficient (Wildman–Crippen LogP) is 3.92. The molecule has 1 aliphatic heterocycles. The SMILES string of the molecule is O=C(C=Cc1cccc(Br)c1)N1CCN(Cc2nc(-c3ccsc3)no2)CC1. The summed E-state index contributed by atoms with van der Waals surface area (Å²) in [6, 6.07) is 9.85. The summed E-state index contributed by atoms with van der Waals surface area (Å²) in [5, 5.41) is 8.04. The Morgan fingerprint density at radius 1 is 1.25 bits per heavy atom. The van der Waals surface area contributed by atoms with Gasteiger partial charge in [-0.2, -0.15) is 16.3 Å². The first-order chi connectivity index (χ1) is 13.7. The number of nitrogens with zero attached hydrogens (tertiary/aromatic N) is 4. The van der Waals surface area contributed by atoms with Gasteiger partial charge < -0.3 is 9.42 Å². The van der Waals surface area contributed by atoms with E-state index in [1.165, 1.54) is 0 Å². The molecule has 0 N–H and O–H groups in total. The second-order valence-electron chi connectivity index (χ2n) is 6.51. The number of thiophene rings is 1. The summed E-state index contributed by atoms with van der Waals surface area (Å²) >= 11 is 5.05. The van der Waals surface area contributed by atoms with E-state index in [9.17, 15) is 4.79 Å². The summed E-state index contributed by atoms with van der Waals surface area (Å²) in [6.07, 6.45) is 3.49. The molecule has 0 bridgehead atoms. The maximum absolute atomic E-state index is 12.4. The molecule has 0 radical (unpaired) electrons. The first kappa shape index (κ1) is 19.0. The lowest BCUT2D eigenvalue weighted by molar-refractivity contribution is -0.127. The molecule has 1 fully saturated rings. The maximum Gasteiger partial charge on any atom is 0.246 e. The first-order valence-electron chi connectivity index (χ1n) is 8.97. The Labute approximate surface area is 175 Å². The normalized spacial score (nSPS) is 15.4. The minimum absolute atomic E-state index is 0.0390. The van der Waals surface area contributed by atoms with E-state index >= 15 is 0 Å². The number of aromatic nitrogens is 2. The highest BCUT2D eigenvalue weighted by Crippen LogP contribution is 2.19. The largest absolute Gasteiger partial charge is 0.338 e. The number of amides is 1. The molecule has 1 amide bonds. The van der Waals surface area contributed by atoms with Crippen molar-refractivity contribution < 1.29 is 9.32 Å². The Hall–Kier alpha value is -2.29. The topological polar surface area (TPSA) is 62.5 Å². The van der Waals surface area contributed by atoms with E-state index in [1.54, 1.807) is 17.4 Å². The van der Waals surface area contributed by atoms with Gasteiger partial charge in [-0.3, -0.25) is 9.69 Å². The summed E-state index contributed by atoms with van der Waals surface area (Å²) < 4.78 is 6.37. The van der Waals surface area contributed by atoms with Crippen LogP contribution in [-0.2, 0) is 11.3 Å². The highest BCUT2D eigenvalue weighted by molar-refractivity contribution is 9.10. The van der Waals surface area contributed by atoms with E-state index in [-0.39, 0.29) is 5.91 Å². The molecule has 144 valence electrons. The Balaban J connectivity index is 1.28. The van der Waals surface area contributed by atoms with Crippen LogP contribution in [0.1, 0.15) is 11.5 Å². The first-order valence-corrected chi connectivity index (χ1v) is 10.7. The van der Waals surface area contributed by atoms with Crippen LogP contribution in [0.3, 0.4) is 0 Å². The molecule has 8 heteroatoms. The molecule has 0 saturated carbocycles. The molecule has 28 heavy (non-hydrogen) atoms. The molecule has 1 saturated heterocycles. The minimum atomic E-state index is 0.0390. The molecule has 2 aromatic heterocycles. The Morgan fingerprint density at radius 2 is 2.11 bits per heavy atom. The zero-order chi connectivity index (χ0) is 19.3. The second kappa shape index (κ2) is 8.81. The summed E-state index contributed by atoms with van der Waals surface area (Å²) in [7, 11) is 0. The third-order valence-corrected chi connectivity index (χ3v) is 5.73. The van der Waals surface area contributed by atoms with Gasteiger partial charge in [0.25, 0.3) is 0 Å². The van der Waals surface area contributed by atoms with Gasteiger partial charge in [0.05, 0.1) is 6.54 Å². The van der Waals surface area contributed by atoms with Crippen LogP contribution < -0.4 is 0 Å². The van der Waals surface area contributed by atoms with E-state index in [1.807, 2.05) is 52.1 Å². The van der Waals surface area contributed by atoms with E-state index in [2.05, 4.69) is 31.0 Å². The van der Waals surface area contributed by atoms with Crippen molar-refractivity contribution in [3.63, 3.8) is 0 Å². The molecule has 0 aliphatic carbocycles. The van der Waals surface area contributed by atoms with Crippen LogP contribution in [0.2, 0.25) is 0 Å². The van der Waals surface area contributed by atoms with Gasteiger partial charge in [0.15, 0.2) is 0 Å². The zero-order valence-electron chi connectivity index (χ0n) is 15.1. The number of hydrogen-bond acceptors (Lipinski definition) is 6. The van der Waals surface area contributed by atoms with Crippen molar-refractivity contribution in [1.82, 2.24) is 19.9 Å². The van der Waals surface area contributed by atoms with Crippen LogP contribution in [-0.4, -0.2) is 52.0 Å². The van der Waals surface area contributed by atoms with Crippen LogP contribution in [0.4, 0.5) is 0 Å². The van der Waals surface area contributed by atoms with Gasteiger partial charge in [0.1, 0.15) is 0 Å². The molecule has 0 unspecified atom stereocenters. The molecule has 3 aromatic rings. The summed E-state index contributed by atoms with van der Waals surface area (Å²) in [6.45, 7) is 3.55. The second-order valence-corrected chi connectivity index (χ2v) is 8.21. The molecule has 3 heterocycles. The Bertz CT molecular complexity index is 962. The van der Waals surface area contributed by atoms with Crippen molar-refractivity contribution in [2.45, 2.75) is 6.54 Å². The predicted molar refractivity (Wildman–Crippen MR) is 113 cm³/mol. The lowest BCUT2D eigenvalue weighted by atomic mass is 10.2. The van der Waals surface area contributed by atoms with Crippen molar-refractivity contribution in [1.29, 1.82) is 0 Å². The number of piperazine rings is 1. The van der Waals surface area contributed by atoms with Gasteiger partial charge >= 0.3 is 0 Å². The molecule has 0 atom stereocenters. The highest BCUT2D eigenvalue weighted by Gasteiger charge is 2.21. The van der Waals surface area contributed by atoms with Gasteiger partial charge in [0.2, 0.25) is 17.6 Å². The smallest absolute Gasteiger partial charge is 0.246 e. The number of hydrogen-bond donors (Lipinski definition) is 0. The molecule has 1 aliphatic rings. The van der Waals surface area contributed by atoms with Crippen LogP contribution >= 0.6 is 27.3 Å². The number of rotatable bonds is 5. The third kappa shape index (κ3) is 4.76. The average Bonchev–Trinajstić information content (AvgIpc) is 3.38. The van der Waals surface area contributed by atoms with Gasteiger partial charge in [0, 0.05) is 47.7 Å². The zero-order valence-corrected chi connectivity index (χ0v) is 17.5. The molecule has 6 nitrogen and oxygen atoms in total. The molecular formula is C20H19BrN4O2S. The van der Waals surface area contributed by atoms with Crippen LogP contribution in [0.15, 0.2) is 56.2 Å². The third-order valence-electron chi connectivity index (χ3n) is 4.56. The highest BCUT2D eigenvalue weighted by atomic mass is 79.9. The van der Waals surface area contributed by atoms with Gasteiger partial charge in [-0.15, -0.1) is 0 Å². The summed E-state index contributed by atoms with van der Waals surface area (Å²) in [4.78, 5) is 21.0. The van der Waals surface area contributed by atoms with Crippen LogP contribution in [0.5, 0.6) is 0 Å². The average molecular weight is 459 g/mol.